The molecular weight excluding hydrogens is 447 g/mol. The summed E-state index contributed by atoms with van der Waals surface area (Å²) < 4.78 is 22.3. The first-order valence-electron chi connectivity index (χ1n) is 10.7. The summed E-state index contributed by atoms with van der Waals surface area (Å²) in [5.74, 6) is -1.09. The normalized spacial score (nSPS) is 16.1. The van der Waals surface area contributed by atoms with Gasteiger partial charge in [-0.3, -0.25) is 9.59 Å². The largest absolute Gasteiger partial charge is 0.378 e. The average Bonchev–Trinajstić information content (AvgIpc) is 3.66. The van der Waals surface area contributed by atoms with Gasteiger partial charge in [-0.1, -0.05) is 30.3 Å². The van der Waals surface area contributed by atoms with Gasteiger partial charge in [0.05, 0.1) is 30.6 Å². The van der Waals surface area contributed by atoms with E-state index in [1.165, 1.54) is 12.3 Å². The Bertz CT molecular complexity index is 1250. The number of carbonyl (C=O) groups is 1. The second-order valence-corrected chi connectivity index (χ2v) is 8.04. The molecule has 1 aliphatic carbocycles. The van der Waals surface area contributed by atoms with Crippen LogP contribution in [-0.4, -0.2) is 43.0 Å². The molecule has 0 unspecified atom stereocenters. The number of anilines is 1. The van der Waals surface area contributed by atoms with Crippen LogP contribution in [-0.2, 0) is 4.74 Å². The van der Waals surface area contributed by atoms with Crippen molar-refractivity contribution in [2.24, 2.45) is 5.10 Å². The standard InChI is InChI=1S/C24H23FN4O3.ClH/c25-20-12-18-21(13-22(20)28-8-10-32-11-9-28)29(17-6-7-17)15-19(23(18)30)24(31)27-26-14-16-4-2-1-3-5-16;/h1-5,12-15,17H,6-11H2,(H,27,31);1H/b26-14-;. The van der Waals surface area contributed by atoms with Crippen LogP contribution in [0.15, 0.2) is 58.6 Å². The van der Waals surface area contributed by atoms with E-state index < -0.39 is 17.2 Å². The molecule has 2 heterocycles. The second-order valence-electron chi connectivity index (χ2n) is 8.04. The lowest BCUT2D eigenvalue weighted by Crippen LogP contribution is -2.37. The summed E-state index contributed by atoms with van der Waals surface area (Å²) in [6.45, 7) is 2.26. The third-order valence-corrected chi connectivity index (χ3v) is 5.82. The summed E-state index contributed by atoms with van der Waals surface area (Å²) >= 11 is 0. The number of nitrogens with zero attached hydrogens (tertiary/aromatic N) is 3. The number of morpholine rings is 1. The maximum atomic E-state index is 15.0. The highest BCUT2D eigenvalue weighted by Gasteiger charge is 2.28. The first kappa shape index (κ1) is 22.9. The molecule has 1 aliphatic heterocycles. The predicted octanol–water partition coefficient (Wildman–Crippen LogP) is 3.50. The minimum Gasteiger partial charge on any atom is -0.378 e. The van der Waals surface area contributed by atoms with Gasteiger partial charge in [0, 0.05) is 30.7 Å². The molecule has 1 saturated carbocycles. The van der Waals surface area contributed by atoms with Crippen molar-refractivity contribution < 1.29 is 13.9 Å². The molecule has 1 amide bonds. The number of nitrogens with one attached hydrogen (secondary N) is 1. The molecule has 172 valence electrons. The molecule has 2 fully saturated rings. The molecule has 5 rings (SSSR count). The molecule has 7 nitrogen and oxygen atoms in total. The molecular formula is C24H24ClFN4O3. The Morgan fingerprint density at radius 3 is 2.58 bits per heavy atom. The minimum atomic E-state index is -0.615. The van der Waals surface area contributed by atoms with E-state index in [0.717, 1.165) is 18.4 Å². The lowest BCUT2D eigenvalue weighted by Gasteiger charge is -2.29. The number of carbonyl (C=O) groups excluding carboxylic acids is 1. The molecule has 1 aromatic heterocycles. The Labute approximate surface area is 196 Å². The van der Waals surface area contributed by atoms with Crippen molar-refractivity contribution in [1.29, 1.82) is 0 Å². The van der Waals surface area contributed by atoms with Gasteiger partial charge in [-0.25, -0.2) is 9.82 Å². The first-order valence-corrected chi connectivity index (χ1v) is 10.7. The molecule has 0 atom stereocenters. The molecule has 3 aromatic rings. The Morgan fingerprint density at radius 1 is 1.15 bits per heavy atom. The molecule has 0 bridgehead atoms. The SMILES string of the molecule is Cl.O=C(N/N=C\c1ccccc1)c1cn(C2CC2)c2cc(N3CCOCC3)c(F)cc2c1=O. The number of hydrogen-bond donors (Lipinski definition) is 1. The number of benzene rings is 2. The third kappa shape index (κ3) is 4.77. The van der Waals surface area contributed by atoms with E-state index >= 15 is 4.39 Å². The van der Waals surface area contributed by atoms with Crippen LogP contribution >= 0.6 is 12.4 Å². The number of amides is 1. The van der Waals surface area contributed by atoms with Crippen molar-refractivity contribution in [3.63, 3.8) is 0 Å². The Morgan fingerprint density at radius 2 is 1.88 bits per heavy atom. The van der Waals surface area contributed by atoms with Crippen LogP contribution in [0.1, 0.15) is 34.8 Å². The zero-order chi connectivity index (χ0) is 22.1. The maximum absolute atomic E-state index is 15.0. The fourth-order valence-electron chi connectivity index (χ4n) is 3.99. The highest BCUT2D eigenvalue weighted by Crippen LogP contribution is 2.38. The number of rotatable bonds is 5. The van der Waals surface area contributed by atoms with E-state index in [0.29, 0.717) is 37.5 Å². The van der Waals surface area contributed by atoms with E-state index in [4.69, 9.17) is 4.74 Å². The van der Waals surface area contributed by atoms with Gasteiger partial charge in [0.25, 0.3) is 5.91 Å². The van der Waals surface area contributed by atoms with E-state index in [1.807, 2.05) is 39.8 Å². The first-order chi connectivity index (χ1) is 15.6. The number of pyridine rings is 1. The summed E-state index contributed by atoms with van der Waals surface area (Å²) in [6, 6.07) is 12.5. The number of hydrogen-bond acceptors (Lipinski definition) is 5. The molecule has 9 heteroatoms. The van der Waals surface area contributed by atoms with Crippen LogP contribution < -0.4 is 15.8 Å². The predicted molar refractivity (Wildman–Crippen MR) is 128 cm³/mol. The van der Waals surface area contributed by atoms with Crippen molar-refractivity contribution in [1.82, 2.24) is 9.99 Å². The zero-order valence-corrected chi connectivity index (χ0v) is 18.7. The number of ether oxygens (including phenoxy) is 1. The smallest absolute Gasteiger partial charge is 0.276 e. The fourth-order valence-corrected chi connectivity index (χ4v) is 3.99. The molecule has 0 radical (unpaired) electrons. The Kier molecular flexibility index (Phi) is 6.76. The van der Waals surface area contributed by atoms with Gasteiger partial charge < -0.3 is 14.2 Å². The van der Waals surface area contributed by atoms with Gasteiger partial charge in [0.1, 0.15) is 11.4 Å². The van der Waals surface area contributed by atoms with Crippen LogP contribution in [0.3, 0.4) is 0 Å². The topological polar surface area (TPSA) is 75.9 Å². The molecule has 2 aliphatic rings. The van der Waals surface area contributed by atoms with Crippen molar-refractivity contribution >= 4 is 41.1 Å². The minimum absolute atomic E-state index is 0. The van der Waals surface area contributed by atoms with E-state index in [1.54, 1.807) is 12.3 Å². The Hall–Kier alpha value is -3.23. The van der Waals surface area contributed by atoms with Gasteiger partial charge in [-0.05, 0) is 30.5 Å². The van der Waals surface area contributed by atoms with Crippen LogP contribution in [0.25, 0.3) is 10.9 Å². The maximum Gasteiger partial charge on any atom is 0.276 e. The summed E-state index contributed by atoms with van der Waals surface area (Å²) in [4.78, 5) is 27.8. The number of aromatic nitrogens is 1. The summed E-state index contributed by atoms with van der Waals surface area (Å²) in [5.41, 5.74) is 3.79. The van der Waals surface area contributed by atoms with Crippen molar-refractivity contribution in [2.75, 3.05) is 31.2 Å². The highest BCUT2D eigenvalue weighted by molar-refractivity contribution is 5.98. The lowest BCUT2D eigenvalue weighted by atomic mass is 10.1. The van der Waals surface area contributed by atoms with E-state index in [-0.39, 0.29) is 29.4 Å². The summed E-state index contributed by atoms with van der Waals surface area (Å²) in [5, 5.41) is 4.16. The zero-order valence-electron chi connectivity index (χ0n) is 17.9. The van der Waals surface area contributed by atoms with Crippen molar-refractivity contribution in [2.45, 2.75) is 18.9 Å². The lowest BCUT2D eigenvalue weighted by molar-refractivity contribution is 0.0953. The molecule has 2 aromatic carbocycles. The fraction of sp³-hybridized carbons (Fsp3) is 0.292. The van der Waals surface area contributed by atoms with Crippen molar-refractivity contribution in [3.8, 4) is 0 Å². The van der Waals surface area contributed by atoms with Gasteiger partial charge in [-0.15, -0.1) is 12.4 Å². The third-order valence-electron chi connectivity index (χ3n) is 5.82. The van der Waals surface area contributed by atoms with Gasteiger partial charge in [-0.2, -0.15) is 5.10 Å². The molecule has 1 N–H and O–H groups in total. The summed E-state index contributed by atoms with van der Waals surface area (Å²) in [7, 11) is 0. The van der Waals surface area contributed by atoms with Crippen LogP contribution in [0, 0.1) is 5.82 Å². The quantitative estimate of drug-likeness (QED) is 0.457. The number of halogens is 2. The second kappa shape index (κ2) is 9.72. The number of hydrazone groups is 1. The molecule has 1 saturated heterocycles. The van der Waals surface area contributed by atoms with Crippen LogP contribution in [0.4, 0.5) is 10.1 Å². The van der Waals surface area contributed by atoms with Gasteiger partial charge in [0.15, 0.2) is 0 Å². The monoisotopic (exact) mass is 470 g/mol. The summed E-state index contributed by atoms with van der Waals surface area (Å²) in [6.07, 6.45) is 4.99. The van der Waals surface area contributed by atoms with Gasteiger partial charge in [0.2, 0.25) is 5.43 Å². The van der Waals surface area contributed by atoms with E-state index in [2.05, 4.69) is 10.5 Å². The van der Waals surface area contributed by atoms with Crippen LogP contribution in [0.2, 0.25) is 0 Å². The highest BCUT2D eigenvalue weighted by atomic mass is 35.5. The van der Waals surface area contributed by atoms with E-state index in [9.17, 15) is 9.59 Å². The van der Waals surface area contributed by atoms with Gasteiger partial charge >= 0.3 is 0 Å². The molecule has 0 spiro atoms. The number of fused-ring (bicyclic) bond motifs is 1. The average molecular weight is 471 g/mol. The molecule has 33 heavy (non-hydrogen) atoms. The van der Waals surface area contributed by atoms with Crippen LogP contribution in [0.5, 0.6) is 0 Å². The Balaban J connectivity index is 0.00000259. The van der Waals surface area contributed by atoms with Crippen molar-refractivity contribution in [3.05, 3.63) is 75.8 Å².